The van der Waals surface area contributed by atoms with Crippen LogP contribution in [0.25, 0.3) is 0 Å². The molecule has 0 aromatic heterocycles. The van der Waals surface area contributed by atoms with E-state index in [1.54, 1.807) is 0 Å². The first-order valence-corrected chi connectivity index (χ1v) is 6.14. The van der Waals surface area contributed by atoms with E-state index in [0.717, 1.165) is 5.56 Å². The van der Waals surface area contributed by atoms with Gasteiger partial charge in [0.15, 0.2) is 6.61 Å². The lowest BCUT2D eigenvalue weighted by molar-refractivity contribution is -0.137. The summed E-state index contributed by atoms with van der Waals surface area (Å²) >= 11 is 0. The maximum Gasteiger partial charge on any atom is 0.322 e. The predicted octanol–water partition coefficient (Wildman–Crippen LogP) is -0.317. The molecule has 0 saturated carbocycles. The number of fused-ring (bicyclic) bond motifs is 1. The highest BCUT2D eigenvalue weighted by molar-refractivity contribution is 5.95. The quantitative estimate of drug-likeness (QED) is 0.604. The van der Waals surface area contributed by atoms with E-state index in [0.29, 0.717) is 18.0 Å². The molecule has 2 rings (SSSR count). The molecule has 21 heavy (non-hydrogen) atoms. The van der Waals surface area contributed by atoms with Crippen LogP contribution in [0.4, 0.5) is 5.69 Å². The fourth-order valence-electron chi connectivity index (χ4n) is 1.46. The summed E-state index contributed by atoms with van der Waals surface area (Å²) in [5.41, 5.74) is 7.15. The summed E-state index contributed by atoms with van der Waals surface area (Å²) in [7, 11) is 0. The first-order chi connectivity index (χ1) is 9.92. The largest absolute Gasteiger partial charge is 0.482 e. The van der Waals surface area contributed by atoms with Crippen molar-refractivity contribution < 1.29 is 24.2 Å². The van der Waals surface area contributed by atoms with Crippen molar-refractivity contribution in [3.8, 4) is 5.75 Å². The van der Waals surface area contributed by atoms with Gasteiger partial charge >= 0.3 is 5.97 Å². The molecular formula is C13H17N3O5. The van der Waals surface area contributed by atoms with Crippen LogP contribution in [0.5, 0.6) is 5.75 Å². The van der Waals surface area contributed by atoms with Gasteiger partial charge in [0.1, 0.15) is 12.3 Å². The summed E-state index contributed by atoms with van der Waals surface area (Å²) in [6.07, 6.45) is 0. The molecule has 1 aromatic rings. The lowest BCUT2D eigenvalue weighted by Gasteiger charge is -2.18. The van der Waals surface area contributed by atoms with Crippen LogP contribution in [0.3, 0.4) is 0 Å². The molecule has 1 aromatic carbocycles. The van der Waals surface area contributed by atoms with Gasteiger partial charge in [-0.25, -0.2) is 0 Å². The highest BCUT2D eigenvalue weighted by Crippen LogP contribution is 2.28. The molecule has 0 spiro atoms. The molecule has 0 atom stereocenters. The van der Waals surface area contributed by atoms with E-state index in [1.165, 1.54) is 6.92 Å². The van der Waals surface area contributed by atoms with Crippen LogP contribution in [0.1, 0.15) is 12.5 Å². The van der Waals surface area contributed by atoms with Crippen molar-refractivity contribution in [3.05, 3.63) is 23.8 Å². The van der Waals surface area contributed by atoms with Crippen LogP contribution in [0, 0.1) is 0 Å². The molecule has 2 amide bonds. The fraction of sp³-hybridized carbons (Fsp3) is 0.308. The van der Waals surface area contributed by atoms with E-state index in [-0.39, 0.29) is 25.0 Å². The lowest BCUT2D eigenvalue weighted by atomic mass is 10.1. The van der Waals surface area contributed by atoms with Gasteiger partial charge in [-0.2, -0.15) is 0 Å². The van der Waals surface area contributed by atoms with Gasteiger partial charge in [-0.3, -0.25) is 14.4 Å². The number of nitrogens with two attached hydrogens (primary N) is 1. The second-order valence-corrected chi connectivity index (χ2v) is 4.17. The third-order valence-electron chi connectivity index (χ3n) is 2.40. The summed E-state index contributed by atoms with van der Waals surface area (Å²) in [5, 5.41) is 12.8. The van der Waals surface area contributed by atoms with Crippen molar-refractivity contribution in [2.45, 2.75) is 13.5 Å². The Bertz CT molecular complexity index is 531. The Morgan fingerprint density at radius 3 is 2.71 bits per heavy atom. The summed E-state index contributed by atoms with van der Waals surface area (Å²) in [6.45, 7) is 1.52. The highest BCUT2D eigenvalue weighted by atomic mass is 16.5. The van der Waals surface area contributed by atoms with E-state index < -0.39 is 5.97 Å². The summed E-state index contributed by atoms with van der Waals surface area (Å²) < 4.78 is 5.18. The molecular weight excluding hydrogens is 278 g/mol. The Morgan fingerprint density at radius 1 is 1.48 bits per heavy atom. The van der Waals surface area contributed by atoms with E-state index in [4.69, 9.17) is 15.6 Å². The second kappa shape index (κ2) is 7.85. The van der Waals surface area contributed by atoms with Gasteiger partial charge in [0, 0.05) is 13.5 Å². The molecule has 0 bridgehead atoms. The maximum atomic E-state index is 11.0. The Kier molecular flexibility index (Phi) is 6.15. The zero-order chi connectivity index (χ0) is 15.8. The number of rotatable bonds is 3. The average Bonchev–Trinajstić information content (AvgIpc) is 2.45. The molecule has 1 aliphatic heterocycles. The van der Waals surface area contributed by atoms with Crippen molar-refractivity contribution in [1.29, 1.82) is 0 Å². The predicted molar refractivity (Wildman–Crippen MR) is 74.8 cm³/mol. The summed E-state index contributed by atoms with van der Waals surface area (Å²) in [6, 6.07) is 5.53. The molecule has 1 heterocycles. The zero-order valence-corrected chi connectivity index (χ0v) is 11.5. The Labute approximate surface area is 121 Å². The van der Waals surface area contributed by atoms with Gasteiger partial charge in [0.25, 0.3) is 5.91 Å². The summed E-state index contributed by atoms with van der Waals surface area (Å²) in [4.78, 5) is 30.6. The van der Waals surface area contributed by atoms with E-state index >= 15 is 0 Å². The van der Waals surface area contributed by atoms with Crippen molar-refractivity contribution in [2.75, 3.05) is 18.5 Å². The minimum Gasteiger partial charge on any atom is -0.482 e. The van der Waals surface area contributed by atoms with E-state index in [2.05, 4.69) is 10.6 Å². The van der Waals surface area contributed by atoms with Crippen LogP contribution >= 0.6 is 0 Å². The number of carbonyl (C=O) groups is 3. The van der Waals surface area contributed by atoms with Gasteiger partial charge in [-0.15, -0.1) is 0 Å². The number of benzene rings is 1. The van der Waals surface area contributed by atoms with Gasteiger partial charge < -0.3 is 26.2 Å². The molecule has 8 nitrogen and oxygen atoms in total. The second-order valence-electron chi connectivity index (χ2n) is 4.17. The third kappa shape index (κ3) is 5.91. The number of hydrogen-bond acceptors (Lipinski definition) is 5. The van der Waals surface area contributed by atoms with Gasteiger partial charge in [-0.05, 0) is 17.7 Å². The lowest BCUT2D eigenvalue weighted by Crippen LogP contribution is -2.26. The number of hydrogen-bond donors (Lipinski definition) is 4. The average molecular weight is 295 g/mol. The van der Waals surface area contributed by atoms with Gasteiger partial charge in [0.2, 0.25) is 5.91 Å². The number of ether oxygens (including phenoxy) is 1. The molecule has 0 aliphatic carbocycles. The minimum absolute atomic E-state index is 0.0922. The number of anilines is 1. The monoisotopic (exact) mass is 295 g/mol. The van der Waals surface area contributed by atoms with Crippen LogP contribution in [0.15, 0.2) is 18.2 Å². The normalized spacial score (nSPS) is 12.0. The van der Waals surface area contributed by atoms with Gasteiger partial charge in [0.05, 0.1) is 5.69 Å². The fourth-order valence-corrected chi connectivity index (χ4v) is 1.46. The van der Waals surface area contributed by atoms with Crippen LogP contribution < -0.4 is 21.1 Å². The number of aliphatic carboxylic acids is 1. The molecule has 0 saturated heterocycles. The van der Waals surface area contributed by atoms with Crippen LogP contribution in [-0.2, 0) is 20.9 Å². The molecule has 5 N–H and O–H groups in total. The zero-order valence-electron chi connectivity index (χ0n) is 11.5. The molecule has 0 fully saturated rings. The number of amides is 2. The first-order valence-electron chi connectivity index (χ1n) is 6.14. The smallest absolute Gasteiger partial charge is 0.322 e. The number of nitrogens with one attached hydrogen (secondary N) is 2. The topological polar surface area (TPSA) is 131 Å². The first kappa shape index (κ1) is 16.4. The van der Waals surface area contributed by atoms with Crippen molar-refractivity contribution in [1.82, 2.24) is 5.32 Å². The number of carboxylic acids is 1. The Balaban J connectivity index is 0.000000240. The number of carboxylic acid groups (broad SMARTS) is 1. The maximum absolute atomic E-state index is 11.0. The van der Waals surface area contributed by atoms with Gasteiger partial charge in [-0.1, -0.05) is 6.07 Å². The molecule has 0 radical (unpaired) electrons. The molecule has 114 valence electrons. The standard InChI is InChI=1S/C9H10N2O2.C4H7NO3/c10-4-6-1-2-8-7(3-6)11-9(12)5-13-8;1-3(6)5-2-4(7)8/h1-3H,4-5,10H2,(H,11,12);2H2,1H3,(H,5,6)(H,7,8). The molecule has 0 unspecified atom stereocenters. The summed E-state index contributed by atoms with van der Waals surface area (Å²) in [5.74, 6) is -0.772. The molecule has 1 aliphatic rings. The molecule has 8 heteroatoms. The Hall–Kier alpha value is -2.61. The number of carbonyl (C=O) groups excluding carboxylic acids is 2. The van der Waals surface area contributed by atoms with Crippen molar-refractivity contribution in [3.63, 3.8) is 0 Å². The van der Waals surface area contributed by atoms with Crippen LogP contribution in [0.2, 0.25) is 0 Å². The SMILES string of the molecule is CC(=O)NCC(=O)O.NCc1ccc2c(c1)NC(=O)CO2. The highest BCUT2D eigenvalue weighted by Gasteiger charge is 2.15. The Morgan fingerprint density at radius 2 is 2.19 bits per heavy atom. The minimum atomic E-state index is -1.03. The van der Waals surface area contributed by atoms with E-state index in [1.807, 2.05) is 18.2 Å². The van der Waals surface area contributed by atoms with Crippen LogP contribution in [-0.4, -0.2) is 36.0 Å². The van der Waals surface area contributed by atoms with Crippen molar-refractivity contribution in [2.24, 2.45) is 5.73 Å². The van der Waals surface area contributed by atoms with E-state index in [9.17, 15) is 14.4 Å². The van der Waals surface area contributed by atoms with Crippen molar-refractivity contribution >= 4 is 23.5 Å². The third-order valence-corrected chi connectivity index (χ3v) is 2.40.